The lowest BCUT2D eigenvalue weighted by Crippen LogP contribution is -2.29. The van der Waals surface area contributed by atoms with Crippen molar-refractivity contribution in [3.8, 4) is 0 Å². The third kappa shape index (κ3) is 2.26. The molecule has 2 aromatic rings. The fourth-order valence-electron chi connectivity index (χ4n) is 3.22. The minimum atomic E-state index is -0.497. The van der Waals surface area contributed by atoms with Gasteiger partial charge < -0.3 is 9.51 Å². The van der Waals surface area contributed by atoms with Gasteiger partial charge in [-0.1, -0.05) is 37.8 Å². The first-order chi connectivity index (χ1) is 9.10. The van der Waals surface area contributed by atoms with Gasteiger partial charge in [-0.25, -0.2) is 4.98 Å². The van der Waals surface area contributed by atoms with Crippen LogP contribution in [0.25, 0.3) is 5.52 Å². The van der Waals surface area contributed by atoms with E-state index in [0.29, 0.717) is 5.02 Å². The van der Waals surface area contributed by atoms with Crippen molar-refractivity contribution in [2.75, 3.05) is 0 Å². The van der Waals surface area contributed by atoms with E-state index in [0.717, 1.165) is 24.1 Å². The molecule has 1 fully saturated rings. The van der Waals surface area contributed by atoms with Crippen LogP contribution in [0.5, 0.6) is 0 Å². The standard InChI is InChI=1S/C15H19ClN2O/c1-15(5-3-2-4-6-15)14(19)13-8-11(16)7-12-9-17-10-18(12)13/h7-10,14,19H,2-6H2,1H3. The molecule has 1 atom stereocenters. The first-order valence-corrected chi connectivity index (χ1v) is 7.27. The molecule has 0 spiro atoms. The number of aliphatic hydroxyl groups is 1. The quantitative estimate of drug-likeness (QED) is 0.902. The Hall–Kier alpha value is -1.06. The second kappa shape index (κ2) is 4.80. The third-order valence-electron chi connectivity index (χ3n) is 4.45. The summed E-state index contributed by atoms with van der Waals surface area (Å²) in [6, 6.07) is 3.73. The normalized spacial score (nSPS) is 20.6. The van der Waals surface area contributed by atoms with Gasteiger partial charge in [0.05, 0.1) is 29.8 Å². The highest BCUT2D eigenvalue weighted by molar-refractivity contribution is 6.31. The minimum absolute atomic E-state index is 0.0554. The van der Waals surface area contributed by atoms with E-state index in [4.69, 9.17) is 11.6 Å². The summed E-state index contributed by atoms with van der Waals surface area (Å²) in [6.07, 6.45) is 8.82. The number of hydrogen-bond donors (Lipinski definition) is 1. The van der Waals surface area contributed by atoms with E-state index < -0.39 is 6.10 Å². The molecule has 0 bridgehead atoms. The van der Waals surface area contributed by atoms with Crippen molar-refractivity contribution >= 4 is 17.1 Å². The molecule has 0 radical (unpaired) electrons. The highest BCUT2D eigenvalue weighted by Crippen LogP contribution is 2.45. The highest BCUT2D eigenvalue weighted by Gasteiger charge is 2.36. The zero-order valence-electron chi connectivity index (χ0n) is 11.1. The fraction of sp³-hybridized carbons (Fsp3) is 0.533. The van der Waals surface area contributed by atoms with Crippen molar-refractivity contribution in [2.45, 2.75) is 45.1 Å². The number of fused-ring (bicyclic) bond motifs is 1. The Bertz CT molecular complexity index is 587. The molecule has 102 valence electrons. The van der Waals surface area contributed by atoms with Gasteiger partial charge in [0.15, 0.2) is 0 Å². The topological polar surface area (TPSA) is 37.5 Å². The Morgan fingerprint density at radius 1 is 1.32 bits per heavy atom. The zero-order valence-corrected chi connectivity index (χ0v) is 11.9. The molecular formula is C15H19ClN2O. The Morgan fingerprint density at radius 3 is 2.79 bits per heavy atom. The van der Waals surface area contributed by atoms with Crippen LogP contribution in [-0.2, 0) is 0 Å². The lowest BCUT2D eigenvalue weighted by molar-refractivity contribution is 0.00450. The summed E-state index contributed by atoms with van der Waals surface area (Å²) in [6.45, 7) is 2.18. The van der Waals surface area contributed by atoms with E-state index in [9.17, 15) is 5.11 Å². The maximum Gasteiger partial charge on any atom is 0.0997 e. The maximum atomic E-state index is 10.8. The van der Waals surface area contributed by atoms with E-state index in [-0.39, 0.29) is 5.41 Å². The van der Waals surface area contributed by atoms with Crippen LogP contribution in [0.2, 0.25) is 5.02 Å². The van der Waals surface area contributed by atoms with Crippen LogP contribution in [0, 0.1) is 5.41 Å². The number of nitrogens with zero attached hydrogens (tertiary/aromatic N) is 2. The molecule has 0 aliphatic heterocycles. The number of imidazole rings is 1. The molecule has 2 aromatic heterocycles. The average Bonchev–Trinajstić information content (AvgIpc) is 2.85. The monoisotopic (exact) mass is 278 g/mol. The van der Waals surface area contributed by atoms with Crippen molar-refractivity contribution in [3.05, 3.63) is 35.4 Å². The first-order valence-electron chi connectivity index (χ1n) is 6.90. The number of rotatable bonds is 2. The molecular weight excluding hydrogens is 260 g/mol. The molecule has 19 heavy (non-hydrogen) atoms. The molecule has 4 heteroatoms. The molecule has 3 nitrogen and oxygen atoms in total. The smallest absolute Gasteiger partial charge is 0.0997 e. The molecule has 3 rings (SSSR count). The van der Waals surface area contributed by atoms with Gasteiger partial charge in [-0.2, -0.15) is 0 Å². The highest BCUT2D eigenvalue weighted by atomic mass is 35.5. The van der Waals surface area contributed by atoms with Crippen molar-refractivity contribution in [3.63, 3.8) is 0 Å². The molecule has 2 heterocycles. The van der Waals surface area contributed by atoms with Crippen molar-refractivity contribution < 1.29 is 5.11 Å². The Labute approximate surface area is 118 Å². The van der Waals surface area contributed by atoms with Crippen LogP contribution >= 0.6 is 11.6 Å². The predicted molar refractivity (Wildman–Crippen MR) is 76.4 cm³/mol. The predicted octanol–water partition coefficient (Wildman–Crippen LogP) is 3.99. The molecule has 1 saturated carbocycles. The van der Waals surface area contributed by atoms with Crippen LogP contribution in [0.1, 0.15) is 50.8 Å². The molecule has 1 unspecified atom stereocenters. The second-order valence-corrected chi connectivity index (χ2v) is 6.34. The summed E-state index contributed by atoms with van der Waals surface area (Å²) in [4.78, 5) is 4.15. The summed E-state index contributed by atoms with van der Waals surface area (Å²) >= 11 is 6.16. The SMILES string of the molecule is CC1(C(O)c2cc(Cl)cc3cncn23)CCCCC1. The molecule has 1 aliphatic rings. The Balaban J connectivity index is 2.05. The second-order valence-electron chi connectivity index (χ2n) is 5.90. The number of halogens is 1. The van der Waals surface area contributed by atoms with E-state index in [1.807, 2.05) is 16.5 Å². The lowest BCUT2D eigenvalue weighted by atomic mass is 9.71. The minimum Gasteiger partial charge on any atom is -0.386 e. The van der Waals surface area contributed by atoms with Crippen LogP contribution in [-0.4, -0.2) is 14.5 Å². The molecule has 0 aromatic carbocycles. The molecule has 0 saturated heterocycles. The summed E-state index contributed by atoms with van der Waals surface area (Å²) in [5.74, 6) is 0. The zero-order chi connectivity index (χ0) is 13.5. The fourth-order valence-corrected chi connectivity index (χ4v) is 3.45. The Kier molecular flexibility index (Phi) is 3.27. The van der Waals surface area contributed by atoms with Crippen molar-refractivity contribution in [2.24, 2.45) is 5.41 Å². The van der Waals surface area contributed by atoms with Gasteiger partial charge in [-0.05, 0) is 30.4 Å². The number of pyridine rings is 1. The summed E-state index contributed by atoms with van der Waals surface area (Å²) < 4.78 is 1.94. The lowest BCUT2D eigenvalue weighted by Gasteiger charge is -2.38. The van der Waals surface area contributed by atoms with Gasteiger partial charge in [-0.15, -0.1) is 0 Å². The number of aromatic nitrogens is 2. The van der Waals surface area contributed by atoms with Crippen molar-refractivity contribution in [1.29, 1.82) is 0 Å². The third-order valence-corrected chi connectivity index (χ3v) is 4.67. The summed E-state index contributed by atoms with van der Waals surface area (Å²) in [7, 11) is 0. The summed E-state index contributed by atoms with van der Waals surface area (Å²) in [5.41, 5.74) is 1.73. The largest absolute Gasteiger partial charge is 0.386 e. The van der Waals surface area contributed by atoms with Crippen molar-refractivity contribution in [1.82, 2.24) is 9.38 Å². The number of aliphatic hydroxyl groups excluding tert-OH is 1. The van der Waals surface area contributed by atoms with Gasteiger partial charge in [0.2, 0.25) is 0 Å². The van der Waals surface area contributed by atoms with Gasteiger partial charge in [0.1, 0.15) is 0 Å². The van der Waals surface area contributed by atoms with Crippen LogP contribution in [0.4, 0.5) is 0 Å². The van der Waals surface area contributed by atoms with Gasteiger partial charge in [0, 0.05) is 5.02 Å². The van der Waals surface area contributed by atoms with E-state index in [2.05, 4.69) is 11.9 Å². The van der Waals surface area contributed by atoms with Gasteiger partial charge in [-0.3, -0.25) is 0 Å². The molecule has 0 amide bonds. The van der Waals surface area contributed by atoms with E-state index in [1.165, 1.54) is 19.3 Å². The number of hydrogen-bond acceptors (Lipinski definition) is 2. The summed E-state index contributed by atoms with van der Waals surface area (Å²) in [5, 5.41) is 11.5. The van der Waals surface area contributed by atoms with Crippen LogP contribution in [0.3, 0.4) is 0 Å². The van der Waals surface area contributed by atoms with Gasteiger partial charge in [0.25, 0.3) is 0 Å². The first kappa shape index (κ1) is 12.9. The van der Waals surface area contributed by atoms with Crippen LogP contribution < -0.4 is 0 Å². The molecule has 1 aliphatic carbocycles. The maximum absolute atomic E-state index is 10.8. The average molecular weight is 279 g/mol. The molecule has 1 N–H and O–H groups in total. The van der Waals surface area contributed by atoms with Gasteiger partial charge >= 0.3 is 0 Å². The van der Waals surface area contributed by atoms with E-state index in [1.54, 1.807) is 12.5 Å². The van der Waals surface area contributed by atoms with E-state index >= 15 is 0 Å². The Morgan fingerprint density at radius 2 is 2.05 bits per heavy atom. The van der Waals surface area contributed by atoms with Crippen LogP contribution in [0.15, 0.2) is 24.7 Å².